The van der Waals surface area contributed by atoms with E-state index in [0.717, 1.165) is 24.3 Å². The van der Waals surface area contributed by atoms with Crippen molar-refractivity contribution in [2.45, 2.75) is 18.0 Å². The van der Waals surface area contributed by atoms with Gasteiger partial charge in [-0.05, 0) is 47.5 Å². The summed E-state index contributed by atoms with van der Waals surface area (Å²) in [6.07, 6.45) is -0.806. The quantitative estimate of drug-likeness (QED) is 0.238. The van der Waals surface area contributed by atoms with Gasteiger partial charge in [0, 0.05) is 18.5 Å². The average Bonchev–Trinajstić information content (AvgIpc) is 2.78. The predicted octanol–water partition coefficient (Wildman–Crippen LogP) is 2.95. The number of phenolic OH excluding ortho intramolecular Hbond substituents is 1. The molecule has 0 aliphatic carbocycles. The van der Waals surface area contributed by atoms with Crippen LogP contribution in [0.15, 0.2) is 78.9 Å². The van der Waals surface area contributed by atoms with E-state index in [1.807, 2.05) is 0 Å². The fraction of sp³-hybridized carbons (Fsp3) is 0.136. The first kappa shape index (κ1) is 25.6. The van der Waals surface area contributed by atoms with Crippen molar-refractivity contribution in [3.05, 3.63) is 95.6 Å². The number of carbonyl (C=O) groups excluding carboxylic acids is 1. The summed E-state index contributed by atoms with van der Waals surface area (Å²) in [7, 11) is -11.1. The fourth-order valence-electron chi connectivity index (χ4n) is 3.15. The van der Waals surface area contributed by atoms with E-state index in [-0.39, 0.29) is 29.5 Å². The molecule has 0 aromatic heterocycles. The van der Waals surface area contributed by atoms with Gasteiger partial charge in [0.15, 0.2) is 0 Å². The molecule has 0 atom stereocenters. The molecule has 0 spiro atoms. The van der Waals surface area contributed by atoms with Gasteiger partial charge >= 0.3 is 20.3 Å². The van der Waals surface area contributed by atoms with E-state index in [1.165, 1.54) is 12.1 Å². The van der Waals surface area contributed by atoms with Crippen LogP contribution in [0.4, 0.5) is 0 Å². The van der Waals surface area contributed by atoms with Gasteiger partial charge in [0.1, 0.15) is 11.5 Å². The molecule has 0 aliphatic heterocycles. The molecule has 0 unspecified atom stereocenters. The van der Waals surface area contributed by atoms with Gasteiger partial charge in [0.25, 0.3) is 5.91 Å². The van der Waals surface area contributed by atoms with Gasteiger partial charge in [-0.2, -0.15) is 0 Å². The molecule has 6 N–H and O–H groups in total. The van der Waals surface area contributed by atoms with Crippen LogP contribution < -0.4 is 10.1 Å². The summed E-state index contributed by atoms with van der Waals surface area (Å²) in [4.78, 5) is 52.0. The first-order valence-corrected chi connectivity index (χ1v) is 13.1. The highest BCUT2D eigenvalue weighted by Gasteiger charge is 2.63. The summed E-state index contributed by atoms with van der Waals surface area (Å²) in [5.41, 5.74) is 1.33. The highest BCUT2D eigenvalue weighted by Crippen LogP contribution is 2.70. The minimum Gasteiger partial charge on any atom is -0.508 e. The third-order valence-corrected chi connectivity index (χ3v) is 8.86. The van der Waals surface area contributed by atoms with Gasteiger partial charge in [0.2, 0.25) is 0 Å². The number of hydrogen-bond donors (Lipinski definition) is 6. The van der Waals surface area contributed by atoms with Crippen molar-refractivity contribution >= 4 is 21.1 Å². The third kappa shape index (κ3) is 5.93. The van der Waals surface area contributed by atoms with Gasteiger partial charge in [-0.1, -0.05) is 42.5 Å². The Morgan fingerprint density at radius 3 is 1.85 bits per heavy atom. The van der Waals surface area contributed by atoms with Crippen LogP contribution in [-0.2, 0) is 22.1 Å². The van der Waals surface area contributed by atoms with Crippen molar-refractivity contribution in [2.24, 2.45) is 0 Å². The average molecular weight is 507 g/mol. The maximum Gasteiger partial charge on any atom is 0.381 e. The van der Waals surface area contributed by atoms with E-state index in [4.69, 9.17) is 4.74 Å². The zero-order chi connectivity index (χ0) is 25.0. The third-order valence-electron chi connectivity index (χ3n) is 4.97. The number of amides is 1. The zero-order valence-electron chi connectivity index (χ0n) is 17.7. The maximum absolute atomic E-state index is 12.3. The molecular formula is C22H23NO9P2. The Kier molecular flexibility index (Phi) is 7.63. The van der Waals surface area contributed by atoms with Crippen molar-refractivity contribution in [1.29, 1.82) is 0 Å². The van der Waals surface area contributed by atoms with Crippen LogP contribution in [-0.4, -0.2) is 35.7 Å². The zero-order valence-corrected chi connectivity index (χ0v) is 19.5. The second kappa shape index (κ2) is 10.1. The molecule has 0 heterocycles. The fourth-order valence-corrected chi connectivity index (χ4v) is 5.73. The number of benzene rings is 3. The summed E-state index contributed by atoms with van der Waals surface area (Å²) in [5.74, 6) is -0.695. The molecule has 0 aliphatic rings. The van der Waals surface area contributed by atoms with Crippen molar-refractivity contribution < 1.29 is 43.3 Å². The Morgan fingerprint density at radius 2 is 1.32 bits per heavy atom. The van der Waals surface area contributed by atoms with Gasteiger partial charge in [-0.3, -0.25) is 13.9 Å². The summed E-state index contributed by atoms with van der Waals surface area (Å²) < 4.78 is 29.9. The van der Waals surface area contributed by atoms with E-state index in [9.17, 15) is 38.6 Å². The van der Waals surface area contributed by atoms with E-state index >= 15 is 0 Å². The van der Waals surface area contributed by atoms with Crippen LogP contribution in [0.2, 0.25) is 0 Å². The summed E-state index contributed by atoms with van der Waals surface area (Å²) in [6, 6.07) is 19.1. The molecule has 12 heteroatoms. The molecule has 0 saturated heterocycles. The van der Waals surface area contributed by atoms with Gasteiger partial charge < -0.3 is 34.7 Å². The van der Waals surface area contributed by atoms with E-state index in [0.29, 0.717) is 11.1 Å². The largest absolute Gasteiger partial charge is 0.508 e. The molecule has 34 heavy (non-hydrogen) atoms. The number of nitrogens with one attached hydrogen (secondary N) is 1. The lowest BCUT2D eigenvalue weighted by molar-refractivity contribution is 0.0950. The molecule has 0 saturated carbocycles. The first-order valence-electron chi connectivity index (χ1n) is 9.92. The number of hydrogen-bond acceptors (Lipinski definition) is 5. The van der Waals surface area contributed by atoms with Crippen molar-refractivity contribution in [3.63, 3.8) is 0 Å². The summed E-state index contributed by atoms with van der Waals surface area (Å²) in [6.45, 7) is 0.167. The van der Waals surface area contributed by atoms with E-state index < -0.39 is 26.7 Å². The molecule has 0 bridgehead atoms. The Bertz CT molecular complexity index is 1200. The van der Waals surface area contributed by atoms with Crippen LogP contribution in [0, 0.1) is 0 Å². The maximum atomic E-state index is 12.3. The van der Waals surface area contributed by atoms with E-state index in [2.05, 4.69) is 5.32 Å². The highest BCUT2D eigenvalue weighted by atomic mass is 31.2. The number of aromatic hydroxyl groups is 1. The van der Waals surface area contributed by atoms with Crippen LogP contribution in [0.5, 0.6) is 11.5 Å². The molecule has 3 aromatic rings. The van der Waals surface area contributed by atoms with Gasteiger partial charge in [-0.15, -0.1) is 0 Å². The highest BCUT2D eigenvalue weighted by molar-refractivity contribution is 7.72. The van der Waals surface area contributed by atoms with Crippen LogP contribution >= 0.6 is 15.2 Å². The lowest BCUT2D eigenvalue weighted by Gasteiger charge is -2.35. The second-order valence-electron chi connectivity index (χ2n) is 7.47. The number of rotatable bonds is 9. The molecule has 180 valence electrons. The second-order valence-corrected chi connectivity index (χ2v) is 11.4. The van der Waals surface area contributed by atoms with Crippen LogP contribution in [0.3, 0.4) is 0 Å². The molecule has 0 radical (unpaired) electrons. The Balaban J connectivity index is 1.82. The molecule has 3 aromatic carbocycles. The number of phenols is 1. The smallest absolute Gasteiger partial charge is 0.381 e. The van der Waals surface area contributed by atoms with E-state index in [1.54, 1.807) is 42.5 Å². The minimum atomic E-state index is -5.55. The lowest BCUT2D eigenvalue weighted by atomic mass is 10.1. The van der Waals surface area contributed by atoms with Crippen molar-refractivity contribution in [2.75, 3.05) is 0 Å². The Labute approximate surface area is 195 Å². The van der Waals surface area contributed by atoms with Crippen molar-refractivity contribution in [1.82, 2.24) is 5.32 Å². The first-order chi connectivity index (χ1) is 15.9. The molecule has 1 amide bonds. The molecule has 3 rings (SSSR count). The van der Waals surface area contributed by atoms with Crippen LogP contribution in [0.1, 0.15) is 21.5 Å². The number of carbonyl (C=O) groups is 1. The van der Waals surface area contributed by atoms with Crippen LogP contribution in [0.25, 0.3) is 0 Å². The van der Waals surface area contributed by atoms with Gasteiger partial charge in [-0.25, -0.2) is 0 Å². The monoisotopic (exact) mass is 507 g/mol. The number of ether oxygens (including phenoxy) is 1. The Hall–Kier alpha value is -2.97. The Morgan fingerprint density at radius 1 is 0.794 bits per heavy atom. The molecule has 10 nitrogen and oxygen atoms in total. The standard InChI is InChI=1S/C22H23NO9P2/c24-19-10-12-20(13-11-19)32-22(33(26,27)28,34(29,30)31)14-16-6-8-17(9-7-16)15-23-21(25)18-4-2-1-3-5-18/h1-13,24H,14-15H2,(H,23,25)(H2,26,27,28)(H2,29,30,31). The minimum absolute atomic E-state index is 0.166. The predicted molar refractivity (Wildman–Crippen MR) is 123 cm³/mol. The lowest BCUT2D eigenvalue weighted by Crippen LogP contribution is -2.38. The van der Waals surface area contributed by atoms with Crippen molar-refractivity contribution in [3.8, 4) is 11.5 Å². The normalized spacial score (nSPS) is 12.2. The topological polar surface area (TPSA) is 174 Å². The molecular weight excluding hydrogens is 484 g/mol. The summed E-state index contributed by atoms with van der Waals surface area (Å²) in [5, 5.41) is 8.94. The van der Waals surface area contributed by atoms with Gasteiger partial charge in [0.05, 0.1) is 0 Å². The SMILES string of the molecule is O=C(NCc1ccc(CC(Oc2ccc(O)cc2)(P(=O)(O)O)P(=O)(O)O)cc1)c1ccccc1. The molecule has 0 fully saturated rings. The summed E-state index contributed by atoms with van der Waals surface area (Å²) >= 11 is 0.